The first-order chi connectivity index (χ1) is 9.58. The zero-order chi connectivity index (χ0) is 14.3. The molecule has 0 fully saturated rings. The zero-order valence-corrected chi connectivity index (χ0v) is 11.1. The molecule has 2 aromatic carbocycles. The van der Waals surface area contributed by atoms with E-state index < -0.39 is 12.9 Å². The molecule has 0 spiro atoms. The van der Waals surface area contributed by atoms with Crippen LogP contribution in [-0.4, -0.2) is 22.3 Å². The van der Waals surface area contributed by atoms with Crippen LogP contribution < -0.4 is 5.46 Å². The number of benzene rings is 2. The summed E-state index contributed by atoms with van der Waals surface area (Å²) in [5, 5.41) is 31.1. The number of hydrogen-bond donors (Lipinski definition) is 3. The SMILES string of the molecule is OB(O)c1cccc(-c2cc3sccc3cc2O)c1F. The minimum absolute atomic E-state index is 0.0422. The van der Waals surface area contributed by atoms with E-state index in [4.69, 9.17) is 10.0 Å². The minimum Gasteiger partial charge on any atom is -0.507 e. The molecule has 0 atom stereocenters. The van der Waals surface area contributed by atoms with Gasteiger partial charge in [0.15, 0.2) is 0 Å². The number of fused-ring (bicyclic) bond motifs is 1. The smallest absolute Gasteiger partial charge is 0.491 e. The highest BCUT2D eigenvalue weighted by molar-refractivity contribution is 7.17. The molecule has 3 N–H and O–H groups in total. The molecule has 100 valence electrons. The number of thiophene rings is 1. The average Bonchev–Trinajstić information content (AvgIpc) is 2.85. The van der Waals surface area contributed by atoms with Crippen LogP contribution in [0.15, 0.2) is 41.8 Å². The van der Waals surface area contributed by atoms with Crippen molar-refractivity contribution in [1.29, 1.82) is 0 Å². The Balaban J connectivity index is 2.25. The maximum Gasteiger partial charge on any atom is 0.491 e. The third-order valence-corrected chi connectivity index (χ3v) is 4.05. The van der Waals surface area contributed by atoms with Gasteiger partial charge >= 0.3 is 7.12 Å². The fourth-order valence-electron chi connectivity index (χ4n) is 2.17. The molecule has 1 heterocycles. The van der Waals surface area contributed by atoms with Crippen LogP contribution in [0.5, 0.6) is 5.75 Å². The van der Waals surface area contributed by atoms with Gasteiger partial charge in [-0.05, 0) is 29.0 Å². The molecule has 0 aliphatic carbocycles. The Morgan fingerprint density at radius 3 is 2.60 bits per heavy atom. The van der Waals surface area contributed by atoms with Crippen LogP contribution in [0.2, 0.25) is 0 Å². The standard InChI is InChI=1S/C14H10BFO3S/c16-14-9(2-1-3-11(14)15(18)19)10-7-13-8(4-5-20-13)6-12(10)17/h1-7,17-19H. The second-order valence-corrected chi connectivity index (χ2v) is 5.36. The van der Waals surface area contributed by atoms with Crippen LogP contribution in [0.3, 0.4) is 0 Å². The Labute approximate surface area is 118 Å². The molecule has 0 unspecified atom stereocenters. The molecule has 0 saturated carbocycles. The van der Waals surface area contributed by atoms with Gasteiger partial charge in [-0.1, -0.05) is 18.2 Å². The summed E-state index contributed by atoms with van der Waals surface area (Å²) in [4.78, 5) is 0. The largest absolute Gasteiger partial charge is 0.507 e. The summed E-state index contributed by atoms with van der Waals surface area (Å²) in [7, 11) is -1.89. The number of halogens is 1. The van der Waals surface area contributed by atoms with Crippen LogP contribution in [0.25, 0.3) is 21.2 Å². The zero-order valence-electron chi connectivity index (χ0n) is 10.2. The van der Waals surface area contributed by atoms with Crippen LogP contribution in [0, 0.1) is 5.82 Å². The summed E-state index contributed by atoms with van der Waals surface area (Å²) in [5.41, 5.74) is 0.261. The van der Waals surface area contributed by atoms with Gasteiger partial charge in [0.1, 0.15) is 11.6 Å². The van der Waals surface area contributed by atoms with Crippen LogP contribution in [-0.2, 0) is 0 Å². The molecule has 0 aliphatic heterocycles. The molecular weight excluding hydrogens is 278 g/mol. The molecule has 3 rings (SSSR count). The first-order valence-corrected chi connectivity index (χ1v) is 6.81. The monoisotopic (exact) mass is 288 g/mol. The number of hydrogen-bond acceptors (Lipinski definition) is 4. The first-order valence-electron chi connectivity index (χ1n) is 5.93. The molecule has 0 aliphatic rings. The molecule has 0 radical (unpaired) electrons. The second-order valence-electron chi connectivity index (χ2n) is 4.41. The maximum absolute atomic E-state index is 14.3. The van der Waals surface area contributed by atoms with Gasteiger partial charge in [0, 0.05) is 21.3 Å². The van der Waals surface area contributed by atoms with Gasteiger partial charge in [0.25, 0.3) is 0 Å². The Hall–Kier alpha value is -1.89. The van der Waals surface area contributed by atoms with Crippen molar-refractivity contribution < 1.29 is 19.5 Å². The van der Waals surface area contributed by atoms with Crippen molar-refractivity contribution >= 4 is 34.0 Å². The van der Waals surface area contributed by atoms with Crippen molar-refractivity contribution in [1.82, 2.24) is 0 Å². The summed E-state index contributed by atoms with van der Waals surface area (Å²) >= 11 is 1.49. The van der Waals surface area contributed by atoms with Crippen LogP contribution >= 0.6 is 11.3 Å². The second kappa shape index (κ2) is 4.90. The number of phenolic OH excluding ortho intramolecular Hbond substituents is 1. The van der Waals surface area contributed by atoms with Crippen molar-refractivity contribution in [3.63, 3.8) is 0 Å². The molecule has 0 saturated heterocycles. The fraction of sp³-hybridized carbons (Fsp3) is 0. The molecule has 3 aromatic rings. The van der Waals surface area contributed by atoms with E-state index in [1.807, 2.05) is 11.4 Å². The number of rotatable bonds is 2. The Kier molecular flexibility index (Phi) is 3.21. The number of phenols is 1. The van der Waals surface area contributed by atoms with E-state index in [1.54, 1.807) is 12.1 Å². The van der Waals surface area contributed by atoms with Crippen molar-refractivity contribution in [2.24, 2.45) is 0 Å². The molecule has 0 bridgehead atoms. The summed E-state index contributed by atoms with van der Waals surface area (Å²) in [6, 6.07) is 9.45. The predicted molar refractivity (Wildman–Crippen MR) is 78.7 cm³/mol. The molecular formula is C14H10BFO3S. The Morgan fingerprint density at radius 1 is 1.05 bits per heavy atom. The molecule has 6 heteroatoms. The molecule has 20 heavy (non-hydrogen) atoms. The summed E-state index contributed by atoms with van der Waals surface area (Å²) in [5.74, 6) is -0.784. The van der Waals surface area contributed by atoms with E-state index in [1.165, 1.54) is 29.5 Å². The van der Waals surface area contributed by atoms with Crippen molar-refractivity contribution in [3.8, 4) is 16.9 Å². The van der Waals surface area contributed by atoms with Gasteiger partial charge in [-0.25, -0.2) is 4.39 Å². The van der Waals surface area contributed by atoms with Gasteiger partial charge in [-0.3, -0.25) is 0 Å². The third kappa shape index (κ3) is 2.08. The summed E-state index contributed by atoms with van der Waals surface area (Å²) < 4.78 is 15.2. The van der Waals surface area contributed by atoms with E-state index in [-0.39, 0.29) is 16.8 Å². The van der Waals surface area contributed by atoms with Gasteiger partial charge < -0.3 is 15.2 Å². The first kappa shape index (κ1) is 13.1. The lowest BCUT2D eigenvalue weighted by atomic mass is 9.78. The van der Waals surface area contributed by atoms with E-state index in [9.17, 15) is 9.50 Å². The van der Waals surface area contributed by atoms with E-state index in [0.717, 1.165) is 10.1 Å². The van der Waals surface area contributed by atoms with E-state index in [2.05, 4.69) is 0 Å². The highest BCUT2D eigenvalue weighted by Gasteiger charge is 2.20. The quantitative estimate of drug-likeness (QED) is 0.633. The normalized spacial score (nSPS) is 10.9. The van der Waals surface area contributed by atoms with Gasteiger partial charge in [-0.15, -0.1) is 11.3 Å². The number of aromatic hydroxyl groups is 1. The minimum atomic E-state index is -1.89. The fourth-order valence-corrected chi connectivity index (χ4v) is 2.98. The van der Waals surface area contributed by atoms with Crippen molar-refractivity contribution in [2.75, 3.05) is 0 Å². The lowest BCUT2D eigenvalue weighted by molar-refractivity contribution is 0.423. The van der Waals surface area contributed by atoms with Crippen LogP contribution in [0.4, 0.5) is 4.39 Å². The molecule has 0 amide bonds. The van der Waals surface area contributed by atoms with E-state index in [0.29, 0.717) is 5.56 Å². The molecule has 1 aromatic heterocycles. The Bertz CT molecular complexity index is 785. The van der Waals surface area contributed by atoms with Crippen molar-refractivity contribution in [2.45, 2.75) is 0 Å². The van der Waals surface area contributed by atoms with Crippen LogP contribution in [0.1, 0.15) is 0 Å². The lowest BCUT2D eigenvalue weighted by Crippen LogP contribution is -2.32. The summed E-state index contributed by atoms with van der Waals surface area (Å²) in [6.07, 6.45) is 0. The predicted octanol–water partition coefficient (Wildman–Crippen LogP) is 2.09. The summed E-state index contributed by atoms with van der Waals surface area (Å²) in [6.45, 7) is 0. The average molecular weight is 288 g/mol. The van der Waals surface area contributed by atoms with Gasteiger partial charge in [-0.2, -0.15) is 0 Å². The topological polar surface area (TPSA) is 60.7 Å². The van der Waals surface area contributed by atoms with E-state index >= 15 is 0 Å². The lowest BCUT2D eigenvalue weighted by Gasteiger charge is -2.10. The maximum atomic E-state index is 14.3. The highest BCUT2D eigenvalue weighted by Crippen LogP contribution is 2.36. The van der Waals surface area contributed by atoms with Gasteiger partial charge in [0.05, 0.1) is 0 Å². The molecule has 3 nitrogen and oxygen atoms in total. The third-order valence-electron chi connectivity index (χ3n) is 3.17. The Morgan fingerprint density at radius 2 is 1.85 bits per heavy atom. The van der Waals surface area contributed by atoms with Crippen molar-refractivity contribution in [3.05, 3.63) is 47.6 Å². The highest BCUT2D eigenvalue weighted by atomic mass is 32.1. The van der Waals surface area contributed by atoms with Gasteiger partial charge in [0.2, 0.25) is 0 Å².